The van der Waals surface area contributed by atoms with Crippen LogP contribution in [0.1, 0.15) is 15.9 Å². The van der Waals surface area contributed by atoms with Crippen LogP contribution in [0, 0.1) is 5.82 Å². The van der Waals surface area contributed by atoms with E-state index < -0.39 is 0 Å². The van der Waals surface area contributed by atoms with E-state index in [9.17, 15) is 14.0 Å². The van der Waals surface area contributed by atoms with Crippen LogP contribution in [0.25, 0.3) is 0 Å². The van der Waals surface area contributed by atoms with E-state index in [2.05, 4.69) is 16.0 Å². The van der Waals surface area contributed by atoms with E-state index in [4.69, 9.17) is 11.6 Å². The van der Waals surface area contributed by atoms with Gasteiger partial charge in [0.15, 0.2) is 0 Å². The fraction of sp³-hybridized carbons (Fsp3) is 0.176. The molecule has 0 bridgehead atoms. The van der Waals surface area contributed by atoms with Crippen LogP contribution in [-0.2, 0) is 11.3 Å². The van der Waals surface area contributed by atoms with Gasteiger partial charge in [0, 0.05) is 24.7 Å². The lowest BCUT2D eigenvalue weighted by atomic mass is 10.2. The molecule has 0 aliphatic rings. The number of halogens is 2. The minimum atomic E-state index is -0.368. The molecule has 24 heavy (non-hydrogen) atoms. The Labute approximate surface area is 144 Å². The van der Waals surface area contributed by atoms with Crippen molar-refractivity contribution in [3.63, 3.8) is 0 Å². The predicted molar refractivity (Wildman–Crippen MR) is 91.6 cm³/mol. The molecule has 126 valence electrons. The van der Waals surface area contributed by atoms with Gasteiger partial charge in [0.05, 0.1) is 17.3 Å². The van der Waals surface area contributed by atoms with E-state index in [1.165, 1.54) is 13.1 Å². The van der Waals surface area contributed by atoms with Gasteiger partial charge in [-0.15, -0.1) is 0 Å². The zero-order valence-electron chi connectivity index (χ0n) is 13.0. The first kappa shape index (κ1) is 17.7. The molecular formula is C17H17ClFN3O2. The van der Waals surface area contributed by atoms with Crippen molar-refractivity contribution in [2.45, 2.75) is 6.54 Å². The molecular weight excluding hydrogens is 333 g/mol. The first-order valence-corrected chi connectivity index (χ1v) is 7.64. The third kappa shape index (κ3) is 4.70. The average Bonchev–Trinajstić information content (AvgIpc) is 2.59. The monoisotopic (exact) mass is 349 g/mol. The van der Waals surface area contributed by atoms with Crippen LogP contribution in [0.3, 0.4) is 0 Å². The quantitative estimate of drug-likeness (QED) is 0.750. The molecule has 2 aromatic carbocycles. The molecule has 0 atom stereocenters. The maximum Gasteiger partial charge on any atom is 0.251 e. The van der Waals surface area contributed by atoms with E-state index in [1.807, 2.05) is 0 Å². The molecule has 0 fully saturated rings. The number of amides is 2. The standard InChI is InChI=1S/C17H17ClFN3O2/c1-20-17(24)11-6-7-13(18)15(8-11)21-10-16(23)22-9-12-4-2-3-5-14(12)19/h2-8,21H,9-10H2,1H3,(H,20,24)(H,22,23). The molecule has 0 aliphatic heterocycles. The molecule has 0 aromatic heterocycles. The highest BCUT2D eigenvalue weighted by Crippen LogP contribution is 2.22. The van der Waals surface area contributed by atoms with Crippen molar-refractivity contribution in [1.29, 1.82) is 0 Å². The van der Waals surface area contributed by atoms with Crippen LogP contribution >= 0.6 is 11.6 Å². The summed E-state index contributed by atoms with van der Waals surface area (Å²) in [6.07, 6.45) is 0. The molecule has 2 rings (SSSR count). The second-order valence-corrected chi connectivity index (χ2v) is 5.40. The molecule has 7 heteroatoms. The summed E-state index contributed by atoms with van der Waals surface area (Å²) < 4.78 is 13.5. The number of carbonyl (C=O) groups is 2. The van der Waals surface area contributed by atoms with E-state index in [0.717, 1.165) is 0 Å². The van der Waals surface area contributed by atoms with E-state index >= 15 is 0 Å². The van der Waals surface area contributed by atoms with Crippen molar-refractivity contribution in [1.82, 2.24) is 10.6 Å². The summed E-state index contributed by atoms with van der Waals surface area (Å²) in [7, 11) is 1.53. The molecule has 0 unspecified atom stereocenters. The van der Waals surface area contributed by atoms with E-state index in [0.29, 0.717) is 21.8 Å². The molecule has 0 saturated carbocycles. The maximum atomic E-state index is 13.5. The summed E-state index contributed by atoms with van der Waals surface area (Å²) in [5.74, 6) is -0.939. The van der Waals surface area contributed by atoms with Crippen molar-refractivity contribution >= 4 is 29.1 Å². The van der Waals surface area contributed by atoms with Crippen molar-refractivity contribution in [2.24, 2.45) is 0 Å². The molecule has 0 saturated heterocycles. The number of hydrogen-bond donors (Lipinski definition) is 3. The highest BCUT2D eigenvalue weighted by molar-refractivity contribution is 6.33. The summed E-state index contributed by atoms with van der Waals surface area (Å²) in [6.45, 7) is 0.0462. The molecule has 0 spiro atoms. The Morgan fingerprint density at radius 1 is 1.17 bits per heavy atom. The van der Waals surface area contributed by atoms with Crippen molar-refractivity contribution in [2.75, 3.05) is 18.9 Å². The highest BCUT2D eigenvalue weighted by atomic mass is 35.5. The Kier molecular flexibility index (Phi) is 6.14. The summed E-state index contributed by atoms with van der Waals surface area (Å²) in [6, 6.07) is 11.0. The largest absolute Gasteiger partial charge is 0.375 e. The van der Waals surface area contributed by atoms with Gasteiger partial charge >= 0.3 is 0 Å². The number of hydrogen-bond acceptors (Lipinski definition) is 3. The topological polar surface area (TPSA) is 70.2 Å². The van der Waals surface area contributed by atoms with Crippen LogP contribution < -0.4 is 16.0 Å². The summed E-state index contributed by atoms with van der Waals surface area (Å²) >= 11 is 6.05. The van der Waals surface area contributed by atoms with Crippen molar-refractivity contribution in [3.05, 3.63) is 64.4 Å². The first-order chi connectivity index (χ1) is 11.5. The molecule has 0 heterocycles. The van der Waals surface area contributed by atoms with Crippen molar-refractivity contribution in [3.8, 4) is 0 Å². The lowest BCUT2D eigenvalue weighted by molar-refractivity contribution is -0.119. The molecule has 0 radical (unpaired) electrons. The molecule has 0 aliphatic carbocycles. The van der Waals surface area contributed by atoms with Gasteiger partial charge in [-0.2, -0.15) is 0 Å². The number of nitrogens with one attached hydrogen (secondary N) is 3. The first-order valence-electron chi connectivity index (χ1n) is 7.27. The summed E-state index contributed by atoms with van der Waals surface area (Å²) in [4.78, 5) is 23.5. The summed E-state index contributed by atoms with van der Waals surface area (Å²) in [5, 5.41) is 8.38. The van der Waals surface area contributed by atoms with Gasteiger partial charge in [0.1, 0.15) is 5.82 Å². The third-order valence-corrected chi connectivity index (χ3v) is 3.66. The molecule has 3 N–H and O–H groups in total. The average molecular weight is 350 g/mol. The Bertz CT molecular complexity index is 752. The SMILES string of the molecule is CNC(=O)c1ccc(Cl)c(NCC(=O)NCc2ccccc2F)c1. The molecule has 2 aromatic rings. The minimum absolute atomic E-state index is 0.0502. The Hall–Kier alpha value is -2.60. The fourth-order valence-corrected chi connectivity index (χ4v) is 2.20. The number of carbonyl (C=O) groups excluding carboxylic acids is 2. The lowest BCUT2D eigenvalue weighted by Gasteiger charge is -2.11. The fourth-order valence-electron chi connectivity index (χ4n) is 2.02. The lowest BCUT2D eigenvalue weighted by Crippen LogP contribution is -2.29. The number of benzene rings is 2. The molecule has 5 nitrogen and oxygen atoms in total. The van der Waals surface area contributed by atoms with Gasteiger partial charge in [-0.05, 0) is 24.3 Å². The molecule has 2 amide bonds. The van der Waals surface area contributed by atoms with Crippen LogP contribution in [0.15, 0.2) is 42.5 Å². The van der Waals surface area contributed by atoms with Crippen LogP contribution in [0.2, 0.25) is 5.02 Å². The summed E-state index contributed by atoms with van der Waals surface area (Å²) in [5.41, 5.74) is 1.31. The Morgan fingerprint density at radius 3 is 2.62 bits per heavy atom. The van der Waals surface area contributed by atoms with Gasteiger partial charge in [-0.25, -0.2) is 4.39 Å². The highest BCUT2D eigenvalue weighted by Gasteiger charge is 2.09. The van der Waals surface area contributed by atoms with Crippen molar-refractivity contribution < 1.29 is 14.0 Å². The van der Waals surface area contributed by atoms with Crippen LogP contribution in [0.5, 0.6) is 0 Å². The smallest absolute Gasteiger partial charge is 0.251 e. The number of rotatable bonds is 6. The second kappa shape index (κ2) is 8.31. The van der Waals surface area contributed by atoms with Gasteiger partial charge < -0.3 is 16.0 Å². The predicted octanol–water partition coefficient (Wildman–Crippen LogP) is 2.57. The van der Waals surface area contributed by atoms with Gasteiger partial charge in [0.25, 0.3) is 5.91 Å². The van der Waals surface area contributed by atoms with Crippen LogP contribution in [-0.4, -0.2) is 25.4 Å². The van der Waals surface area contributed by atoms with Gasteiger partial charge in [-0.1, -0.05) is 29.8 Å². The van der Waals surface area contributed by atoms with E-state index in [1.54, 1.807) is 36.4 Å². The Morgan fingerprint density at radius 2 is 1.92 bits per heavy atom. The second-order valence-electron chi connectivity index (χ2n) is 5.00. The zero-order valence-corrected chi connectivity index (χ0v) is 13.8. The number of anilines is 1. The maximum absolute atomic E-state index is 13.5. The Balaban J connectivity index is 1.92. The zero-order chi connectivity index (χ0) is 17.5. The van der Waals surface area contributed by atoms with Gasteiger partial charge in [-0.3, -0.25) is 9.59 Å². The van der Waals surface area contributed by atoms with E-state index in [-0.39, 0.29) is 30.7 Å². The normalized spacial score (nSPS) is 10.1. The van der Waals surface area contributed by atoms with Crippen LogP contribution in [0.4, 0.5) is 10.1 Å². The minimum Gasteiger partial charge on any atom is -0.375 e. The van der Waals surface area contributed by atoms with Gasteiger partial charge in [0.2, 0.25) is 5.91 Å². The third-order valence-electron chi connectivity index (χ3n) is 3.33.